The first kappa shape index (κ1) is 18.3. The summed E-state index contributed by atoms with van der Waals surface area (Å²) in [7, 11) is 0. The highest BCUT2D eigenvalue weighted by Crippen LogP contribution is 2.31. The van der Waals surface area contributed by atoms with E-state index < -0.39 is 0 Å². The van der Waals surface area contributed by atoms with Gasteiger partial charge in [0.1, 0.15) is 16.5 Å². The Morgan fingerprint density at radius 2 is 1.69 bits per heavy atom. The summed E-state index contributed by atoms with van der Waals surface area (Å²) in [6.07, 6.45) is 0. The zero-order valence-corrected chi connectivity index (χ0v) is 15.7. The summed E-state index contributed by atoms with van der Waals surface area (Å²) in [5.41, 5.74) is 1.24. The molecule has 1 aromatic heterocycles. The second-order valence-electron chi connectivity index (χ2n) is 6.99. The Kier molecular flexibility index (Phi) is 5.23. The van der Waals surface area contributed by atoms with Gasteiger partial charge in [-0.25, -0.2) is 4.39 Å². The number of hydrogen-bond donors (Lipinski definition) is 1. The molecule has 134 valence electrons. The van der Waals surface area contributed by atoms with Gasteiger partial charge in [-0.3, -0.25) is 4.79 Å². The molecule has 1 amide bonds. The number of hydrogen-bond acceptors (Lipinski definition) is 4. The lowest BCUT2D eigenvalue weighted by atomic mass is 10.1. The number of aromatic nitrogens is 2. The number of carbonyl (C=O) groups excluding carboxylic acids is 1. The maximum Gasteiger partial charge on any atom is 0.230 e. The summed E-state index contributed by atoms with van der Waals surface area (Å²) in [6, 6.07) is 14.0. The van der Waals surface area contributed by atoms with Crippen molar-refractivity contribution in [2.24, 2.45) is 0 Å². The average Bonchev–Trinajstić information content (AvgIpc) is 2.59. The summed E-state index contributed by atoms with van der Waals surface area (Å²) >= 11 is 1.36. The maximum absolute atomic E-state index is 13.2. The zero-order chi connectivity index (χ0) is 18.7. The molecule has 0 aliphatic carbocycles. The second kappa shape index (κ2) is 7.41. The van der Waals surface area contributed by atoms with Crippen molar-refractivity contribution < 1.29 is 9.18 Å². The third-order valence-corrected chi connectivity index (χ3v) is 4.61. The number of halogens is 1. The van der Waals surface area contributed by atoms with Crippen LogP contribution in [0, 0.1) is 5.82 Å². The van der Waals surface area contributed by atoms with Crippen LogP contribution < -0.4 is 5.32 Å². The van der Waals surface area contributed by atoms with Gasteiger partial charge in [0.05, 0.1) is 5.75 Å². The van der Waals surface area contributed by atoms with E-state index in [1.165, 1.54) is 23.9 Å². The molecule has 1 heterocycles. The van der Waals surface area contributed by atoms with Gasteiger partial charge in [0, 0.05) is 21.9 Å². The summed E-state index contributed by atoms with van der Waals surface area (Å²) < 4.78 is 13.2. The van der Waals surface area contributed by atoms with Gasteiger partial charge in [-0.2, -0.15) is 0 Å². The SMILES string of the molecule is CC(C)(C)NC(=O)CSc1nnc(-c2ccc(F)cc2)c2ccccc12. The number of rotatable bonds is 4. The minimum Gasteiger partial charge on any atom is -0.351 e. The van der Waals surface area contributed by atoms with Crippen LogP contribution in [0.4, 0.5) is 4.39 Å². The lowest BCUT2D eigenvalue weighted by Gasteiger charge is -2.20. The van der Waals surface area contributed by atoms with Crippen molar-refractivity contribution in [3.05, 3.63) is 54.3 Å². The zero-order valence-electron chi connectivity index (χ0n) is 14.9. The molecule has 26 heavy (non-hydrogen) atoms. The highest BCUT2D eigenvalue weighted by molar-refractivity contribution is 8.00. The molecule has 6 heteroatoms. The van der Waals surface area contributed by atoms with Gasteiger partial charge in [-0.05, 0) is 45.0 Å². The Labute approximate surface area is 156 Å². The standard InChI is InChI=1S/C20H20FN3OS/c1-20(2,3)22-17(25)12-26-19-16-7-5-4-6-15(16)18(23-24-19)13-8-10-14(21)11-9-13/h4-11H,12H2,1-3H3,(H,22,25). The third-order valence-electron chi connectivity index (χ3n) is 3.63. The smallest absolute Gasteiger partial charge is 0.230 e. The van der Waals surface area contributed by atoms with Crippen LogP contribution in [0.15, 0.2) is 53.6 Å². The topological polar surface area (TPSA) is 54.9 Å². The number of nitrogens with zero attached hydrogens (tertiary/aromatic N) is 2. The largest absolute Gasteiger partial charge is 0.351 e. The van der Waals surface area contributed by atoms with E-state index in [0.717, 1.165) is 16.3 Å². The van der Waals surface area contributed by atoms with Crippen molar-refractivity contribution in [1.82, 2.24) is 15.5 Å². The van der Waals surface area contributed by atoms with E-state index in [4.69, 9.17) is 0 Å². The van der Waals surface area contributed by atoms with E-state index in [1.54, 1.807) is 12.1 Å². The van der Waals surface area contributed by atoms with Gasteiger partial charge in [0.25, 0.3) is 0 Å². The molecule has 0 fully saturated rings. The molecule has 0 bridgehead atoms. The Morgan fingerprint density at radius 1 is 1.04 bits per heavy atom. The van der Waals surface area contributed by atoms with Crippen LogP contribution >= 0.6 is 11.8 Å². The van der Waals surface area contributed by atoms with E-state index in [1.807, 2.05) is 45.0 Å². The molecule has 0 spiro atoms. The van der Waals surface area contributed by atoms with E-state index >= 15 is 0 Å². The van der Waals surface area contributed by atoms with Crippen molar-refractivity contribution in [1.29, 1.82) is 0 Å². The Morgan fingerprint density at radius 3 is 2.35 bits per heavy atom. The fraction of sp³-hybridized carbons (Fsp3) is 0.250. The average molecular weight is 369 g/mol. The molecule has 3 aromatic rings. The quantitative estimate of drug-likeness (QED) is 0.691. The van der Waals surface area contributed by atoms with E-state index in [2.05, 4.69) is 15.5 Å². The monoisotopic (exact) mass is 369 g/mol. The molecule has 1 N–H and O–H groups in total. The first-order valence-corrected chi connectivity index (χ1v) is 9.27. The highest BCUT2D eigenvalue weighted by Gasteiger charge is 2.16. The first-order valence-electron chi connectivity index (χ1n) is 8.29. The molecule has 0 atom stereocenters. The van der Waals surface area contributed by atoms with Crippen molar-refractivity contribution in [3.8, 4) is 11.3 Å². The minimum atomic E-state index is -0.289. The number of benzene rings is 2. The Hall–Kier alpha value is -2.47. The van der Waals surface area contributed by atoms with Crippen molar-refractivity contribution >= 4 is 28.4 Å². The number of nitrogens with one attached hydrogen (secondary N) is 1. The summed E-state index contributed by atoms with van der Waals surface area (Å²) in [4.78, 5) is 12.1. The van der Waals surface area contributed by atoms with Gasteiger partial charge >= 0.3 is 0 Å². The fourth-order valence-electron chi connectivity index (χ4n) is 2.60. The lowest BCUT2D eigenvalue weighted by molar-refractivity contribution is -0.119. The van der Waals surface area contributed by atoms with Crippen LogP contribution in [-0.4, -0.2) is 27.4 Å². The van der Waals surface area contributed by atoms with Crippen LogP contribution in [0.2, 0.25) is 0 Å². The molecule has 0 aliphatic rings. The molecule has 0 saturated carbocycles. The highest BCUT2D eigenvalue weighted by atomic mass is 32.2. The van der Waals surface area contributed by atoms with Crippen LogP contribution in [0.5, 0.6) is 0 Å². The predicted octanol–water partition coefficient (Wildman–Crippen LogP) is 4.44. The molecule has 0 saturated heterocycles. The summed E-state index contributed by atoms with van der Waals surface area (Å²) in [5.74, 6) is -0.0645. The Bertz CT molecular complexity index is 936. The van der Waals surface area contributed by atoms with Crippen LogP contribution in [0.1, 0.15) is 20.8 Å². The molecule has 2 aromatic carbocycles. The number of carbonyl (C=O) groups is 1. The van der Waals surface area contributed by atoms with Gasteiger partial charge in [0.15, 0.2) is 0 Å². The first-order chi connectivity index (χ1) is 12.3. The van der Waals surface area contributed by atoms with Crippen LogP contribution in [0.3, 0.4) is 0 Å². The number of thioether (sulfide) groups is 1. The van der Waals surface area contributed by atoms with Crippen molar-refractivity contribution in [2.75, 3.05) is 5.75 Å². The van der Waals surface area contributed by atoms with Crippen LogP contribution in [-0.2, 0) is 4.79 Å². The normalized spacial score (nSPS) is 11.5. The molecule has 4 nitrogen and oxygen atoms in total. The number of amides is 1. The van der Waals surface area contributed by atoms with Gasteiger partial charge < -0.3 is 5.32 Å². The fourth-order valence-corrected chi connectivity index (χ4v) is 3.37. The molecular weight excluding hydrogens is 349 g/mol. The molecule has 0 aliphatic heterocycles. The molecule has 0 unspecified atom stereocenters. The van der Waals surface area contributed by atoms with E-state index in [-0.39, 0.29) is 23.0 Å². The van der Waals surface area contributed by atoms with E-state index in [0.29, 0.717) is 10.7 Å². The summed E-state index contributed by atoms with van der Waals surface area (Å²) in [6.45, 7) is 5.84. The summed E-state index contributed by atoms with van der Waals surface area (Å²) in [5, 5.41) is 14.1. The van der Waals surface area contributed by atoms with Crippen LogP contribution in [0.25, 0.3) is 22.0 Å². The molecule has 0 radical (unpaired) electrons. The third kappa shape index (κ3) is 4.38. The van der Waals surface area contributed by atoms with Gasteiger partial charge in [-0.15, -0.1) is 10.2 Å². The van der Waals surface area contributed by atoms with Gasteiger partial charge in [0.2, 0.25) is 5.91 Å². The molecular formula is C20H20FN3OS. The maximum atomic E-state index is 13.2. The minimum absolute atomic E-state index is 0.0454. The number of fused-ring (bicyclic) bond motifs is 1. The Balaban J connectivity index is 1.91. The van der Waals surface area contributed by atoms with E-state index in [9.17, 15) is 9.18 Å². The predicted molar refractivity (Wildman–Crippen MR) is 104 cm³/mol. The van der Waals surface area contributed by atoms with Gasteiger partial charge in [-0.1, -0.05) is 36.0 Å². The van der Waals surface area contributed by atoms with Crippen molar-refractivity contribution in [2.45, 2.75) is 31.3 Å². The lowest BCUT2D eigenvalue weighted by Crippen LogP contribution is -2.41. The second-order valence-corrected chi connectivity index (χ2v) is 7.96. The molecule has 3 rings (SSSR count). The van der Waals surface area contributed by atoms with Crippen molar-refractivity contribution in [3.63, 3.8) is 0 Å².